The van der Waals surface area contributed by atoms with Crippen molar-refractivity contribution < 1.29 is 47.8 Å². The summed E-state index contributed by atoms with van der Waals surface area (Å²) < 4.78 is 19.7. The van der Waals surface area contributed by atoms with Gasteiger partial charge in [0.25, 0.3) is 0 Å². The topological polar surface area (TPSA) is 127 Å². The Kier molecular flexibility index (Phi) is 7.72. The lowest BCUT2D eigenvalue weighted by atomic mass is 9.82. The highest BCUT2D eigenvalue weighted by atomic mass is 17.0. The largest absolute Gasteiger partial charge is 0.467 e. The fourth-order valence-electron chi connectivity index (χ4n) is 3.33. The Hall–Kier alpha value is -2.24. The zero-order valence-electron chi connectivity index (χ0n) is 16.2. The standard InChI is InChI=1S/C17H25NO10/c1-5-24-10(19)8-9-12-11(15(20)25-6-2)14(16(21)23-4)28-18(12)27-13(9)17(22)26-7-3/h9,11-14H,5-8H2,1-4H3/t9-,11-,12+,13-,14+/m0/s1. The summed E-state index contributed by atoms with van der Waals surface area (Å²) in [4.78, 5) is 60.0. The summed E-state index contributed by atoms with van der Waals surface area (Å²) >= 11 is 0. The minimum Gasteiger partial charge on any atom is -0.467 e. The summed E-state index contributed by atoms with van der Waals surface area (Å²) in [7, 11) is 1.15. The van der Waals surface area contributed by atoms with Crippen LogP contribution in [0.3, 0.4) is 0 Å². The Labute approximate surface area is 162 Å². The van der Waals surface area contributed by atoms with E-state index in [-0.39, 0.29) is 26.2 Å². The number of esters is 4. The molecule has 11 nitrogen and oxygen atoms in total. The van der Waals surface area contributed by atoms with E-state index in [0.29, 0.717) is 0 Å². The van der Waals surface area contributed by atoms with Gasteiger partial charge in [-0.05, 0) is 20.8 Å². The van der Waals surface area contributed by atoms with E-state index in [4.69, 9.17) is 23.9 Å². The number of methoxy groups -OCH3 is 1. The summed E-state index contributed by atoms with van der Waals surface area (Å²) in [5.74, 6) is -4.86. The van der Waals surface area contributed by atoms with Gasteiger partial charge >= 0.3 is 23.9 Å². The third kappa shape index (κ3) is 4.42. The molecule has 11 heteroatoms. The molecular weight excluding hydrogens is 378 g/mol. The van der Waals surface area contributed by atoms with Crippen molar-refractivity contribution in [3.05, 3.63) is 0 Å². The maximum absolute atomic E-state index is 12.6. The van der Waals surface area contributed by atoms with E-state index in [0.717, 1.165) is 12.3 Å². The molecule has 2 saturated heterocycles. The Bertz CT molecular complexity index is 609. The van der Waals surface area contributed by atoms with Crippen molar-refractivity contribution in [1.29, 1.82) is 0 Å². The highest BCUT2D eigenvalue weighted by Crippen LogP contribution is 2.43. The maximum atomic E-state index is 12.6. The number of rotatable bonds is 8. The molecule has 2 heterocycles. The van der Waals surface area contributed by atoms with Crippen LogP contribution in [0.25, 0.3) is 0 Å². The Morgan fingerprint density at radius 1 is 0.821 bits per heavy atom. The van der Waals surface area contributed by atoms with Crippen molar-refractivity contribution in [3.8, 4) is 0 Å². The fraction of sp³-hybridized carbons (Fsp3) is 0.765. The maximum Gasteiger partial charge on any atom is 0.338 e. The first kappa shape index (κ1) is 22.1. The van der Waals surface area contributed by atoms with E-state index in [9.17, 15) is 19.2 Å². The van der Waals surface area contributed by atoms with Crippen LogP contribution in [0, 0.1) is 11.8 Å². The SMILES string of the molecule is CCOC(=O)C[C@H]1[C@@H]2[C@H](C(=O)OCC)[C@H](C(=O)OC)ON2O[C@@H]1C(=O)OCC. The summed E-state index contributed by atoms with van der Waals surface area (Å²) in [6, 6.07) is -0.943. The zero-order valence-corrected chi connectivity index (χ0v) is 16.2. The second-order valence-corrected chi connectivity index (χ2v) is 6.05. The van der Waals surface area contributed by atoms with Gasteiger partial charge in [0, 0.05) is 5.92 Å². The van der Waals surface area contributed by atoms with Crippen LogP contribution in [0.4, 0.5) is 0 Å². The summed E-state index contributed by atoms with van der Waals surface area (Å²) in [6.45, 7) is 5.20. The number of hydroxylamine groups is 2. The molecule has 2 rings (SSSR count). The van der Waals surface area contributed by atoms with Crippen LogP contribution in [0.2, 0.25) is 0 Å². The monoisotopic (exact) mass is 403 g/mol. The summed E-state index contributed by atoms with van der Waals surface area (Å²) in [6.07, 6.45) is -2.78. The number of nitrogens with zero attached hydrogens (tertiary/aromatic N) is 1. The zero-order chi connectivity index (χ0) is 20.8. The highest BCUT2D eigenvalue weighted by Gasteiger charge is 2.63. The molecule has 0 unspecified atom stereocenters. The van der Waals surface area contributed by atoms with Crippen molar-refractivity contribution in [2.75, 3.05) is 26.9 Å². The van der Waals surface area contributed by atoms with E-state index in [1.807, 2.05) is 0 Å². The van der Waals surface area contributed by atoms with Crippen LogP contribution in [-0.2, 0) is 47.8 Å². The average Bonchev–Trinajstić information content (AvgIpc) is 3.18. The van der Waals surface area contributed by atoms with Crippen LogP contribution in [-0.4, -0.2) is 74.3 Å². The lowest BCUT2D eigenvalue weighted by Crippen LogP contribution is -2.44. The van der Waals surface area contributed by atoms with Crippen molar-refractivity contribution in [2.45, 2.75) is 45.4 Å². The van der Waals surface area contributed by atoms with Gasteiger partial charge in [0.2, 0.25) is 0 Å². The van der Waals surface area contributed by atoms with Gasteiger partial charge in [-0.15, -0.1) is 0 Å². The molecule has 2 aliphatic heterocycles. The van der Waals surface area contributed by atoms with Crippen molar-refractivity contribution in [2.24, 2.45) is 11.8 Å². The highest BCUT2D eigenvalue weighted by molar-refractivity contribution is 5.86. The van der Waals surface area contributed by atoms with Gasteiger partial charge in [0.05, 0.1) is 39.4 Å². The number of carbonyl (C=O) groups excluding carboxylic acids is 4. The first-order valence-electron chi connectivity index (χ1n) is 9.08. The summed E-state index contributed by atoms with van der Waals surface area (Å²) in [5, 5.41) is 0.897. The second-order valence-electron chi connectivity index (χ2n) is 6.05. The van der Waals surface area contributed by atoms with Gasteiger partial charge in [0.1, 0.15) is 5.92 Å². The van der Waals surface area contributed by atoms with Gasteiger partial charge in [-0.2, -0.15) is 0 Å². The molecule has 0 aromatic heterocycles. The molecule has 2 fully saturated rings. The number of fused-ring (bicyclic) bond motifs is 1. The van der Waals surface area contributed by atoms with E-state index in [1.54, 1.807) is 20.8 Å². The number of hydrogen-bond acceptors (Lipinski definition) is 11. The van der Waals surface area contributed by atoms with Gasteiger partial charge < -0.3 is 18.9 Å². The number of ether oxygens (including phenoxy) is 4. The number of hydrogen-bond donors (Lipinski definition) is 0. The van der Waals surface area contributed by atoms with E-state index >= 15 is 0 Å². The van der Waals surface area contributed by atoms with Gasteiger partial charge in [0.15, 0.2) is 12.2 Å². The predicted octanol–water partition coefficient (Wildman–Crippen LogP) is -0.231. The molecular formula is C17H25NO10. The van der Waals surface area contributed by atoms with Crippen LogP contribution >= 0.6 is 0 Å². The second kappa shape index (κ2) is 9.80. The molecule has 0 spiro atoms. The third-order valence-corrected chi connectivity index (χ3v) is 4.42. The minimum absolute atomic E-state index is 0.0701. The van der Waals surface area contributed by atoms with E-state index in [2.05, 4.69) is 4.74 Å². The molecule has 0 amide bonds. The number of carbonyl (C=O) groups is 4. The molecule has 28 heavy (non-hydrogen) atoms. The summed E-state index contributed by atoms with van der Waals surface area (Å²) in [5.41, 5.74) is 0. The predicted molar refractivity (Wildman–Crippen MR) is 88.9 cm³/mol. The lowest BCUT2D eigenvalue weighted by Gasteiger charge is -2.23. The smallest absolute Gasteiger partial charge is 0.338 e. The molecule has 0 bridgehead atoms. The van der Waals surface area contributed by atoms with Gasteiger partial charge in [-0.1, -0.05) is 5.23 Å². The fourth-order valence-corrected chi connectivity index (χ4v) is 3.33. The van der Waals surface area contributed by atoms with Crippen molar-refractivity contribution in [3.63, 3.8) is 0 Å². The molecule has 0 saturated carbocycles. The average molecular weight is 403 g/mol. The third-order valence-electron chi connectivity index (χ3n) is 4.42. The molecule has 0 N–H and O–H groups in total. The molecule has 5 atom stereocenters. The van der Waals surface area contributed by atoms with Crippen LogP contribution in [0.1, 0.15) is 27.2 Å². The minimum atomic E-state index is -1.33. The lowest BCUT2D eigenvalue weighted by molar-refractivity contribution is -0.350. The van der Waals surface area contributed by atoms with Crippen molar-refractivity contribution in [1.82, 2.24) is 5.23 Å². The molecule has 0 radical (unpaired) electrons. The quantitative estimate of drug-likeness (QED) is 0.394. The molecule has 158 valence electrons. The first-order chi connectivity index (χ1) is 13.4. The molecule has 2 aliphatic rings. The first-order valence-corrected chi connectivity index (χ1v) is 9.08. The van der Waals surface area contributed by atoms with E-state index in [1.165, 1.54) is 0 Å². The molecule has 0 aromatic rings. The normalized spacial score (nSPS) is 29.1. The molecule has 0 aliphatic carbocycles. The van der Waals surface area contributed by atoms with Crippen LogP contribution in [0.5, 0.6) is 0 Å². The van der Waals surface area contributed by atoms with Gasteiger partial charge in [-0.3, -0.25) is 19.3 Å². The Balaban J connectivity index is 2.36. The molecule has 0 aromatic carbocycles. The van der Waals surface area contributed by atoms with Gasteiger partial charge in [-0.25, -0.2) is 9.59 Å². The van der Waals surface area contributed by atoms with Crippen LogP contribution < -0.4 is 0 Å². The van der Waals surface area contributed by atoms with E-state index < -0.39 is 54.0 Å². The Morgan fingerprint density at radius 3 is 1.96 bits per heavy atom. The Morgan fingerprint density at radius 2 is 1.39 bits per heavy atom. The van der Waals surface area contributed by atoms with Crippen molar-refractivity contribution >= 4 is 23.9 Å². The van der Waals surface area contributed by atoms with Crippen LogP contribution in [0.15, 0.2) is 0 Å².